The number of anilines is 1. The highest BCUT2D eigenvalue weighted by Crippen LogP contribution is 2.16. The predicted molar refractivity (Wildman–Crippen MR) is 71.0 cm³/mol. The number of aromatic nitrogens is 2. The lowest BCUT2D eigenvalue weighted by Crippen LogP contribution is -2.06. The highest BCUT2D eigenvalue weighted by molar-refractivity contribution is 9.10. The number of nitrogens with one attached hydrogen (secondary N) is 1. The predicted octanol–water partition coefficient (Wildman–Crippen LogP) is 3.26. The van der Waals surface area contributed by atoms with Crippen molar-refractivity contribution in [3.05, 3.63) is 38.9 Å². The van der Waals surface area contributed by atoms with Crippen LogP contribution in [0.15, 0.2) is 27.5 Å². The van der Waals surface area contributed by atoms with Crippen molar-refractivity contribution in [1.82, 2.24) is 9.97 Å². The van der Waals surface area contributed by atoms with Crippen LogP contribution < -0.4 is 5.32 Å². The fourth-order valence-electron chi connectivity index (χ4n) is 1.32. The van der Waals surface area contributed by atoms with E-state index in [2.05, 4.69) is 36.6 Å². The molecule has 0 spiro atoms. The van der Waals surface area contributed by atoms with Crippen molar-refractivity contribution in [3.63, 3.8) is 0 Å². The molecule has 0 aliphatic heterocycles. The van der Waals surface area contributed by atoms with E-state index in [0.29, 0.717) is 0 Å². The number of pyridine rings is 1. The smallest absolute Gasteiger partial charge is 0.126 e. The summed E-state index contributed by atoms with van der Waals surface area (Å²) in [6.07, 6.45) is 0.931. The first-order chi connectivity index (χ1) is 7.75. The maximum absolute atomic E-state index is 4.42. The van der Waals surface area contributed by atoms with Gasteiger partial charge in [-0.3, -0.25) is 0 Å². The third-order valence-electron chi connectivity index (χ3n) is 2.19. The number of nitrogens with zero attached hydrogens (tertiary/aromatic N) is 2. The first-order valence-corrected chi connectivity index (χ1v) is 6.73. The molecular weight excluding hydrogens is 286 g/mol. The second-order valence-electron chi connectivity index (χ2n) is 3.42. The quantitative estimate of drug-likeness (QED) is 0.941. The van der Waals surface area contributed by atoms with Gasteiger partial charge in [-0.2, -0.15) is 0 Å². The largest absolute Gasteiger partial charge is 0.370 e. The van der Waals surface area contributed by atoms with E-state index in [1.54, 1.807) is 11.3 Å². The molecule has 0 aromatic carbocycles. The second kappa shape index (κ2) is 5.41. The summed E-state index contributed by atoms with van der Waals surface area (Å²) in [6, 6.07) is 3.98. The molecule has 0 bridgehead atoms. The molecule has 2 aromatic heterocycles. The van der Waals surface area contributed by atoms with Gasteiger partial charge in [-0.15, -0.1) is 11.3 Å². The van der Waals surface area contributed by atoms with Crippen molar-refractivity contribution in [3.8, 4) is 0 Å². The number of rotatable bonds is 4. The Morgan fingerprint density at radius 2 is 2.31 bits per heavy atom. The van der Waals surface area contributed by atoms with Gasteiger partial charge in [0.25, 0.3) is 0 Å². The zero-order valence-electron chi connectivity index (χ0n) is 8.90. The highest BCUT2D eigenvalue weighted by atomic mass is 79.9. The van der Waals surface area contributed by atoms with Crippen LogP contribution in [0.3, 0.4) is 0 Å². The van der Waals surface area contributed by atoms with E-state index in [0.717, 1.165) is 34.6 Å². The van der Waals surface area contributed by atoms with Gasteiger partial charge in [-0.25, -0.2) is 9.97 Å². The Bertz CT molecular complexity index is 456. The maximum Gasteiger partial charge on any atom is 0.126 e. The average molecular weight is 298 g/mol. The van der Waals surface area contributed by atoms with E-state index in [4.69, 9.17) is 0 Å². The third-order valence-corrected chi connectivity index (χ3v) is 3.67. The van der Waals surface area contributed by atoms with Crippen LogP contribution >= 0.6 is 27.3 Å². The highest BCUT2D eigenvalue weighted by Gasteiger charge is 1.99. The summed E-state index contributed by atoms with van der Waals surface area (Å²) in [4.78, 5) is 8.65. The number of hydrogen-bond acceptors (Lipinski definition) is 4. The van der Waals surface area contributed by atoms with E-state index >= 15 is 0 Å². The summed E-state index contributed by atoms with van der Waals surface area (Å²) in [6.45, 7) is 2.84. The molecule has 84 valence electrons. The van der Waals surface area contributed by atoms with E-state index in [1.165, 1.54) is 0 Å². The Kier molecular flexibility index (Phi) is 3.90. The van der Waals surface area contributed by atoms with Crippen LogP contribution in [0.4, 0.5) is 5.82 Å². The van der Waals surface area contributed by atoms with Gasteiger partial charge >= 0.3 is 0 Å². The second-order valence-corrected chi connectivity index (χ2v) is 4.99. The molecule has 0 aliphatic carbocycles. The van der Waals surface area contributed by atoms with Gasteiger partial charge in [0.2, 0.25) is 0 Å². The molecule has 1 N–H and O–H groups in total. The zero-order valence-corrected chi connectivity index (χ0v) is 11.3. The van der Waals surface area contributed by atoms with Crippen molar-refractivity contribution in [2.75, 3.05) is 11.9 Å². The summed E-state index contributed by atoms with van der Waals surface area (Å²) in [5, 5.41) is 5.36. The molecule has 5 heteroatoms. The van der Waals surface area contributed by atoms with Gasteiger partial charge in [-0.1, -0.05) is 0 Å². The minimum atomic E-state index is 0.859. The molecule has 0 fully saturated rings. The Morgan fingerprint density at radius 1 is 1.44 bits per heavy atom. The van der Waals surface area contributed by atoms with E-state index in [9.17, 15) is 0 Å². The summed E-state index contributed by atoms with van der Waals surface area (Å²) in [7, 11) is 0. The van der Waals surface area contributed by atoms with Crippen LogP contribution in [0.25, 0.3) is 0 Å². The van der Waals surface area contributed by atoms with Crippen molar-refractivity contribution in [2.45, 2.75) is 13.3 Å². The lowest BCUT2D eigenvalue weighted by Gasteiger charge is -2.05. The lowest BCUT2D eigenvalue weighted by molar-refractivity contribution is 0.964. The molecule has 0 unspecified atom stereocenters. The summed E-state index contributed by atoms with van der Waals surface area (Å²) < 4.78 is 1.04. The summed E-state index contributed by atoms with van der Waals surface area (Å²) in [5.74, 6) is 0.913. The van der Waals surface area contributed by atoms with Gasteiger partial charge in [0.1, 0.15) is 5.82 Å². The minimum absolute atomic E-state index is 0.859. The van der Waals surface area contributed by atoms with Crippen LogP contribution in [-0.2, 0) is 6.42 Å². The molecule has 3 nitrogen and oxygen atoms in total. The van der Waals surface area contributed by atoms with Crippen LogP contribution in [0.5, 0.6) is 0 Å². The van der Waals surface area contributed by atoms with Gasteiger partial charge in [-0.05, 0) is 35.0 Å². The number of thiazole rings is 1. The first-order valence-electron chi connectivity index (χ1n) is 5.00. The fourth-order valence-corrected chi connectivity index (χ4v) is 2.14. The summed E-state index contributed by atoms with van der Waals surface area (Å²) >= 11 is 5.06. The molecule has 0 saturated carbocycles. The molecule has 0 atom stereocenters. The average Bonchev–Trinajstić information content (AvgIpc) is 2.76. The minimum Gasteiger partial charge on any atom is -0.370 e. The van der Waals surface area contributed by atoms with E-state index in [-0.39, 0.29) is 0 Å². The van der Waals surface area contributed by atoms with Gasteiger partial charge < -0.3 is 5.32 Å². The van der Waals surface area contributed by atoms with Crippen molar-refractivity contribution < 1.29 is 0 Å². The Labute approximate surface area is 107 Å². The molecule has 0 radical (unpaired) electrons. The SMILES string of the molecule is Cc1nc(NCCc2cscn2)ccc1Br. The lowest BCUT2D eigenvalue weighted by atomic mass is 10.3. The standard InChI is InChI=1S/C11H12BrN3S/c1-8-10(12)2-3-11(15-8)13-5-4-9-6-16-7-14-9/h2-3,6-7H,4-5H2,1H3,(H,13,15). The van der Waals surface area contributed by atoms with Crippen molar-refractivity contribution in [2.24, 2.45) is 0 Å². The molecule has 0 saturated heterocycles. The van der Waals surface area contributed by atoms with Crippen LogP contribution in [0, 0.1) is 6.92 Å². The van der Waals surface area contributed by atoms with Gasteiger partial charge in [0.15, 0.2) is 0 Å². The maximum atomic E-state index is 4.42. The normalized spacial score (nSPS) is 10.4. The molecular formula is C11H12BrN3S. The van der Waals surface area contributed by atoms with Crippen molar-refractivity contribution in [1.29, 1.82) is 0 Å². The Morgan fingerprint density at radius 3 is 3.00 bits per heavy atom. The van der Waals surface area contributed by atoms with Crippen LogP contribution in [0.2, 0.25) is 0 Å². The Balaban J connectivity index is 1.87. The number of aryl methyl sites for hydroxylation is 1. The molecule has 0 aliphatic rings. The van der Waals surface area contributed by atoms with Gasteiger partial charge in [0.05, 0.1) is 16.9 Å². The number of hydrogen-bond donors (Lipinski definition) is 1. The molecule has 2 aromatic rings. The molecule has 2 rings (SSSR count). The van der Waals surface area contributed by atoms with Crippen LogP contribution in [-0.4, -0.2) is 16.5 Å². The first kappa shape index (κ1) is 11.5. The third kappa shape index (κ3) is 3.02. The topological polar surface area (TPSA) is 37.8 Å². The van der Waals surface area contributed by atoms with Crippen LogP contribution in [0.1, 0.15) is 11.4 Å². The van der Waals surface area contributed by atoms with Gasteiger partial charge in [0, 0.05) is 22.8 Å². The van der Waals surface area contributed by atoms with E-state index in [1.807, 2.05) is 24.6 Å². The molecule has 16 heavy (non-hydrogen) atoms. The Hall–Kier alpha value is -0.940. The monoisotopic (exact) mass is 297 g/mol. The summed E-state index contributed by atoms with van der Waals surface area (Å²) in [5.41, 5.74) is 3.99. The fraction of sp³-hybridized carbons (Fsp3) is 0.273. The van der Waals surface area contributed by atoms with E-state index < -0.39 is 0 Å². The van der Waals surface area contributed by atoms with Crippen molar-refractivity contribution >= 4 is 33.1 Å². The number of halogens is 1. The molecule has 0 amide bonds. The zero-order chi connectivity index (χ0) is 11.4. The molecule has 2 heterocycles.